The van der Waals surface area contributed by atoms with Crippen molar-refractivity contribution in [2.45, 2.75) is 98.4 Å². The lowest BCUT2D eigenvalue weighted by molar-refractivity contribution is -0.207. The number of esters is 1. The molecule has 11 heteroatoms. The second kappa shape index (κ2) is 11.6. The molecular formula is C34H47BN2O8. The van der Waals surface area contributed by atoms with Gasteiger partial charge in [-0.3, -0.25) is 4.79 Å². The van der Waals surface area contributed by atoms with Crippen LogP contribution < -0.4 is 10.2 Å². The van der Waals surface area contributed by atoms with Crippen LogP contribution in [0.4, 0.5) is 4.79 Å². The van der Waals surface area contributed by atoms with Gasteiger partial charge in [-0.2, -0.15) is 5.10 Å². The highest BCUT2D eigenvalue weighted by Gasteiger charge is 2.68. The van der Waals surface area contributed by atoms with Crippen LogP contribution >= 0.6 is 0 Å². The van der Waals surface area contributed by atoms with E-state index >= 15 is 0 Å². The van der Waals surface area contributed by atoms with E-state index in [4.69, 9.17) is 14.2 Å². The highest BCUT2D eigenvalue weighted by molar-refractivity contribution is 6.67. The maximum absolute atomic E-state index is 13.6. The minimum Gasteiger partial charge on any atom is -0.482 e. The molecule has 45 heavy (non-hydrogen) atoms. The first-order chi connectivity index (χ1) is 21.0. The number of ether oxygens (including phenoxy) is 3. The van der Waals surface area contributed by atoms with Crippen LogP contribution in [-0.2, 0) is 19.1 Å². The number of carbonyl (C=O) groups is 3. The number of carbonyl (C=O) groups excluding carboxylic acids is 3. The number of rotatable bonds is 5. The third-order valence-corrected chi connectivity index (χ3v) is 11.4. The zero-order chi connectivity index (χ0) is 33.1. The molecule has 0 radical (unpaired) electrons. The van der Waals surface area contributed by atoms with Crippen LogP contribution in [0.15, 0.2) is 36.0 Å². The molecule has 2 N–H and O–H groups in total. The number of ketones is 1. The Kier molecular flexibility index (Phi) is 8.53. The van der Waals surface area contributed by atoms with E-state index in [2.05, 4.69) is 32.5 Å². The van der Waals surface area contributed by atoms with Crippen LogP contribution in [0.1, 0.15) is 86.1 Å². The van der Waals surface area contributed by atoms with Gasteiger partial charge in [-0.1, -0.05) is 39.8 Å². The Morgan fingerprint density at radius 1 is 1.22 bits per heavy atom. The summed E-state index contributed by atoms with van der Waals surface area (Å²) in [5, 5.41) is 26.7. The van der Waals surface area contributed by atoms with E-state index in [1.807, 2.05) is 6.92 Å². The van der Waals surface area contributed by atoms with Crippen LogP contribution in [0.5, 0.6) is 5.75 Å². The van der Waals surface area contributed by atoms with Crippen LogP contribution in [0, 0.1) is 34.0 Å². The number of Topliss-reactive ketones (excluding diaryl/α,β-unsaturated/α-hetero) is 1. The summed E-state index contributed by atoms with van der Waals surface area (Å²) in [4.78, 5) is 40.5. The van der Waals surface area contributed by atoms with Crippen molar-refractivity contribution in [3.05, 3.63) is 36.4 Å². The van der Waals surface area contributed by atoms with Crippen molar-refractivity contribution in [2.24, 2.45) is 39.1 Å². The first-order valence-electron chi connectivity index (χ1n) is 16.0. The second-order valence-corrected chi connectivity index (χ2v) is 15.1. The van der Waals surface area contributed by atoms with E-state index in [1.54, 1.807) is 45.0 Å². The average molecular weight is 623 g/mol. The van der Waals surface area contributed by atoms with E-state index in [-0.39, 0.29) is 29.0 Å². The van der Waals surface area contributed by atoms with Gasteiger partial charge in [0.1, 0.15) is 23.2 Å². The van der Waals surface area contributed by atoms with Gasteiger partial charge in [-0.05, 0) is 86.9 Å². The van der Waals surface area contributed by atoms with Gasteiger partial charge < -0.3 is 24.3 Å². The molecule has 8 atom stereocenters. The molecular weight excluding hydrogens is 575 g/mol. The third kappa shape index (κ3) is 5.60. The van der Waals surface area contributed by atoms with Gasteiger partial charge in [0.15, 0.2) is 6.61 Å². The van der Waals surface area contributed by atoms with Crippen molar-refractivity contribution >= 4 is 36.6 Å². The molecule has 0 saturated heterocycles. The Bertz CT molecular complexity index is 1410. The number of nitrogens with zero attached hydrogens (tertiary/aromatic N) is 2. The van der Waals surface area contributed by atoms with Gasteiger partial charge in [0, 0.05) is 23.2 Å². The van der Waals surface area contributed by atoms with Crippen LogP contribution in [-0.4, -0.2) is 70.6 Å². The first-order valence-corrected chi connectivity index (χ1v) is 16.0. The molecule has 10 nitrogen and oxygen atoms in total. The van der Waals surface area contributed by atoms with E-state index in [0.717, 1.165) is 24.2 Å². The van der Waals surface area contributed by atoms with Gasteiger partial charge in [-0.25, -0.2) is 14.5 Å². The normalized spacial score (nSPS) is 35.9. The number of fused-ring (bicyclic) bond motifs is 1. The molecule has 0 unspecified atom stereocenters. The maximum atomic E-state index is 13.6. The molecule has 0 aromatic heterocycles. The van der Waals surface area contributed by atoms with Crippen LogP contribution in [0.3, 0.4) is 0 Å². The maximum Gasteiger partial charge on any atom is 0.478 e. The summed E-state index contributed by atoms with van der Waals surface area (Å²) in [5.41, 5.74) is -1.53. The summed E-state index contributed by atoms with van der Waals surface area (Å²) in [7, 11) is -1.41. The fraction of sp³-hybridized carbons (Fsp3) is 0.647. The highest BCUT2D eigenvalue weighted by Crippen LogP contribution is 2.68. The lowest BCUT2D eigenvalue weighted by atomic mass is 9.44. The first kappa shape index (κ1) is 33.2. The topological polar surface area (TPSA) is 135 Å². The van der Waals surface area contributed by atoms with Gasteiger partial charge in [0.25, 0.3) is 0 Å². The summed E-state index contributed by atoms with van der Waals surface area (Å²) in [6.45, 7) is 17.1. The van der Waals surface area contributed by atoms with Crippen molar-refractivity contribution in [3.63, 3.8) is 0 Å². The largest absolute Gasteiger partial charge is 0.482 e. The minimum atomic E-state index is -1.41. The summed E-state index contributed by atoms with van der Waals surface area (Å²) in [6.07, 6.45) is 4.29. The van der Waals surface area contributed by atoms with Crippen molar-refractivity contribution in [2.75, 3.05) is 6.61 Å². The van der Waals surface area contributed by atoms with Crippen molar-refractivity contribution in [3.8, 4) is 5.75 Å². The number of hydrogen-bond acceptors (Lipinski definition) is 9. The van der Waals surface area contributed by atoms with Crippen LogP contribution in [0.25, 0.3) is 0 Å². The number of amides is 1. The monoisotopic (exact) mass is 622 g/mol. The molecule has 5 rings (SSSR count). The molecule has 1 aliphatic heterocycles. The number of hydrogen-bond donors (Lipinski definition) is 2. The number of benzene rings is 1. The molecule has 1 aromatic carbocycles. The quantitative estimate of drug-likeness (QED) is 0.283. The molecule has 0 spiro atoms. The molecule has 2 bridgehead atoms. The fourth-order valence-corrected chi connectivity index (χ4v) is 8.60. The van der Waals surface area contributed by atoms with E-state index in [1.165, 1.54) is 6.21 Å². The van der Waals surface area contributed by atoms with Gasteiger partial charge in [-0.15, -0.1) is 6.58 Å². The van der Waals surface area contributed by atoms with Crippen molar-refractivity contribution in [1.82, 2.24) is 4.92 Å². The van der Waals surface area contributed by atoms with Crippen LogP contribution in [0.2, 0.25) is 0 Å². The number of hydrazone groups is 1. The average Bonchev–Trinajstić information content (AvgIpc) is 3.33. The van der Waals surface area contributed by atoms with E-state index < -0.39 is 54.4 Å². The Morgan fingerprint density at radius 3 is 2.60 bits per heavy atom. The van der Waals surface area contributed by atoms with E-state index in [0.29, 0.717) is 29.6 Å². The third-order valence-electron chi connectivity index (χ3n) is 11.4. The number of aliphatic hydroxyl groups is 1. The predicted molar refractivity (Wildman–Crippen MR) is 170 cm³/mol. The van der Waals surface area contributed by atoms with Gasteiger partial charge in [0.2, 0.25) is 0 Å². The molecule has 4 aliphatic rings. The standard InChI is InChI=1S/C34H47BN2O8/c1-9-32(7)17-26(33(8)20(2)12-14-34(21(3)29(32)40)15-13-25(38)28(33)34)44-27(39)19-43-23-11-10-22-18-36-37(35(42)24(22)16-23)30(41)45-31(4,5)6/h9-11,16,18,20-21,26,28-29,40,42H,1,12-15,17,19H2,2-8H3/t20-,21+,26-,28+,29+,32-,33+,34+/m1/s1. The minimum absolute atomic E-state index is 0.112. The summed E-state index contributed by atoms with van der Waals surface area (Å²) in [5.74, 6) is -0.421. The van der Waals surface area contributed by atoms with Gasteiger partial charge >= 0.3 is 19.1 Å². The Labute approximate surface area is 266 Å². The molecule has 3 saturated carbocycles. The second-order valence-electron chi connectivity index (χ2n) is 15.1. The Morgan fingerprint density at radius 2 is 1.93 bits per heavy atom. The van der Waals surface area contributed by atoms with Crippen molar-refractivity contribution < 1.29 is 38.7 Å². The molecule has 3 aliphatic carbocycles. The lowest BCUT2D eigenvalue weighted by Gasteiger charge is -2.61. The van der Waals surface area contributed by atoms with E-state index in [9.17, 15) is 24.5 Å². The Balaban J connectivity index is 1.36. The van der Waals surface area contributed by atoms with Gasteiger partial charge in [0.05, 0.1) is 12.3 Å². The SMILES string of the molecule is C=C[C@]1(C)C[C@@H](OC(=O)COc2ccc3c(c2)B(O)N(C(=O)OC(C)(C)C)N=C3)[C@]2(C)[C@H](C)CC[C@]3(CCC(=O)[C@H]32)[C@@H](C)[C@@H]1O. The molecule has 1 aromatic rings. The molecule has 244 valence electrons. The summed E-state index contributed by atoms with van der Waals surface area (Å²) < 4.78 is 17.4. The smallest absolute Gasteiger partial charge is 0.478 e. The molecule has 1 amide bonds. The molecule has 1 heterocycles. The van der Waals surface area contributed by atoms with Crippen molar-refractivity contribution in [1.29, 1.82) is 0 Å². The summed E-state index contributed by atoms with van der Waals surface area (Å²) in [6, 6.07) is 4.87. The fourth-order valence-electron chi connectivity index (χ4n) is 8.60. The zero-order valence-corrected chi connectivity index (χ0v) is 27.5. The Hall–Kier alpha value is -3.18. The number of aliphatic hydroxyl groups excluding tert-OH is 1. The highest BCUT2D eigenvalue weighted by atomic mass is 16.6. The lowest BCUT2D eigenvalue weighted by Crippen LogP contribution is -2.63. The predicted octanol–water partition coefficient (Wildman–Crippen LogP) is 4.24. The summed E-state index contributed by atoms with van der Waals surface area (Å²) >= 11 is 0. The zero-order valence-electron chi connectivity index (χ0n) is 27.5. The molecule has 3 fully saturated rings.